The first-order valence-corrected chi connectivity index (χ1v) is 49.1. The minimum Gasteiger partial charge on any atom is -0.756 e. The van der Waals surface area contributed by atoms with Crippen molar-refractivity contribution in [3.63, 3.8) is 0 Å². The monoisotopic (exact) mass is 1690 g/mol. The SMILES string of the molecule is CCCCCCOP(=O)([O-])OCCCCCC.CCCCCCOP(=O)([O-])OCCCCCC.CCCCCCOP(=O)([O-])OCCCCCC.CCCCCCOP(=O)([O-])OCCCCCC.CCCCCCOP(=O)([O-])OCCCCCC.CCCCCCOP(=O)([O-])OCCCCCC.[Mo]. The predicted molar refractivity (Wildman–Crippen MR) is 407 cm³/mol. The van der Waals surface area contributed by atoms with Gasteiger partial charge in [0.2, 0.25) is 0 Å². The summed E-state index contributed by atoms with van der Waals surface area (Å²) in [5.74, 6) is 0. The van der Waals surface area contributed by atoms with E-state index in [1.165, 1.54) is 0 Å². The van der Waals surface area contributed by atoms with E-state index in [2.05, 4.69) is 83.1 Å². The summed E-state index contributed by atoms with van der Waals surface area (Å²) in [7, 11) is -24.2. The van der Waals surface area contributed by atoms with Crippen LogP contribution in [0.2, 0.25) is 0 Å². The number of hydrogen-bond acceptors (Lipinski definition) is 24. The van der Waals surface area contributed by atoms with E-state index < -0.39 is 46.9 Å². The second kappa shape index (κ2) is 90.5. The second-order valence-corrected chi connectivity index (χ2v) is 33.9. The van der Waals surface area contributed by atoms with Crippen molar-refractivity contribution in [2.75, 3.05) is 79.3 Å². The number of hydrogen-bond donors (Lipinski definition) is 0. The summed E-state index contributed by atoms with van der Waals surface area (Å²) < 4.78 is 125. The van der Waals surface area contributed by atoms with Crippen molar-refractivity contribution in [3.05, 3.63) is 0 Å². The molecule has 0 heterocycles. The van der Waals surface area contributed by atoms with Crippen LogP contribution in [0, 0.1) is 0 Å². The zero-order valence-corrected chi connectivity index (χ0v) is 74.7. The van der Waals surface area contributed by atoms with E-state index in [1.54, 1.807) is 0 Å². The molecule has 0 saturated heterocycles. The van der Waals surface area contributed by atoms with E-state index in [4.69, 9.17) is 54.3 Å². The van der Waals surface area contributed by atoms with Crippen LogP contribution in [0.25, 0.3) is 0 Å². The second-order valence-electron chi connectivity index (χ2n) is 25.4. The van der Waals surface area contributed by atoms with Crippen molar-refractivity contribution in [3.8, 4) is 0 Å². The maximum atomic E-state index is 11.3. The third kappa shape index (κ3) is 112. The molecule has 630 valence electrons. The van der Waals surface area contributed by atoms with Gasteiger partial charge in [0.25, 0.3) is 46.9 Å². The predicted octanol–water partition coefficient (Wildman–Crippen LogP) is 21.9. The van der Waals surface area contributed by atoms with Crippen molar-refractivity contribution in [1.82, 2.24) is 0 Å². The molecule has 0 aliphatic heterocycles. The maximum Gasteiger partial charge on any atom is 0.267 e. The van der Waals surface area contributed by atoms with Crippen molar-refractivity contribution in [2.24, 2.45) is 0 Å². The van der Waals surface area contributed by atoms with Gasteiger partial charge in [0.15, 0.2) is 0 Å². The van der Waals surface area contributed by atoms with Gasteiger partial charge in [-0.1, -0.05) is 314 Å². The van der Waals surface area contributed by atoms with E-state index in [0.717, 1.165) is 308 Å². The van der Waals surface area contributed by atoms with E-state index in [-0.39, 0.29) is 100 Å². The normalized spacial score (nSPS) is 11.8. The smallest absolute Gasteiger partial charge is 0.267 e. The number of phosphoric ester groups is 6. The largest absolute Gasteiger partial charge is 0.756 e. The van der Waals surface area contributed by atoms with Gasteiger partial charge >= 0.3 is 0 Å². The molecule has 0 aromatic carbocycles. The molecule has 0 spiro atoms. The van der Waals surface area contributed by atoms with Crippen molar-refractivity contribution in [2.45, 2.75) is 391 Å². The number of unbranched alkanes of at least 4 members (excludes halogenated alkanes) is 36. The molecule has 0 aliphatic rings. The van der Waals surface area contributed by atoms with Crippen LogP contribution in [0.3, 0.4) is 0 Å². The molecule has 0 aromatic rings. The molecule has 0 bridgehead atoms. The molecule has 31 heteroatoms. The quantitative estimate of drug-likeness (QED) is 0.0310. The summed E-state index contributed by atoms with van der Waals surface area (Å²) in [6.45, 7) is 28.3. The average molecular weight is 1690 g/mol. The first-order chi connectivity index (χ1) is 48.7. The Morgan fingerprint density at radius 3 is 0.272 bits per heavy atom. The van der Waals surface area contributed by atoms with Gasteiger partial charge in [-0.15, -0.1) is 0 Å². The van der Waals surface area contributed by atoms with Gasteiger partial charge < -0.3 is 83.6 Å². The van der Waals surface area contributed by atoms with Gasteiger partial charge in [-0.25, -0.2) is 0 Å². The van der Waals surface area contributed by atoms with Crippen LogP contribution in [0.5, 0.6) is 0 Å². The van der Waals surface area contributed by atoms with Gasteiger partial charge in [0.1, 0.15) is 0 Å². The average Bonchev–Trinajstić information content (AvgIpc) is 1.21. The van der Waals surface area contributed by atoms with Crippen molar-refractivity contribution >= 4 is 46.9 Å². The van der Waals surface area contributed by atoms with Gasteiger partial charge in [0.05, 0.1) is 79.3 Å². The summed E-state index contributed by atoms with van der Waals surface area (Å²) in [6.07, 6.45) is 48.3. The third-order valence-electron chi connectivity index (χ3n) is 15.0. The van der Waals surface area contributed by atoms with E-state index in [1.807, 2.05) is 0 Å². The molecule has 0 amide bonds. The summed E-state index contributed by atoms with van der Waals surface area (Å²) in [6, 6.07) is 0. The Hall–Kier alpha value is 1.35. The Balaban J connectivity index is -0.000000214. The molecular formula is C72H156MoO24P6-6. The first-order valence-electron chi connectivity index (χ1n) is 40.3. The molecule has 0 aromatic heterocycles. The fraction of sp³-hybridized carbons (Fsp3) is 1.00. The first kappa shape index (κ1) is 118. The molecule has 0 aliphatic carbocycles. The molecule has 103 heavy (non-hydrogen) atoms. The van der Waals surface area contributed by atoms with Gasteiger partial charge in [-0.2, -0.15) is 0 Å². The Kier molecular flexibility index (Phi) is 103. The van der Waals surface area contributed by atoms with Crippen LogP contribution in [0.15, 0.2) is 0 Å². The summed E-state index contributed by atoms with van der Waals surface area (Å²) in [4.78, 5) is 67.7. The fourth-order valence-corrected chi connectivity index (χ4v) is 13.4. The van der Waals surface area contributed by atoms with Gasteiger partial charge in [0, 0.05) is 21.1 Å². The van der Waals surface area contributed by atoms with Crippen LogP contribution in [-0.4, -0.2) is 79.3 Å². The summed E-state index contributed by atoms with van der Waals surface area (Å²) >= 11 is 0. The molecular weight excluding hydrogens is 1530 g/mol. The van der Waals surface area contributed by atoms with Crippen LogP contribution in [0.1, 0.15) is 391 Å². The minimum atomic E-state index is -4.04. The molecule has 0 unspecified atom stereocenters. The Labute approximate surface area is 645 Å². The minimum absolute atomic E-state index is 0. The topological polar surface area (TPSA) is 352 Å². The van der Waals surface area contributed by atoms with Gasteiger partial charge in [-0.3, -0.25) is 27.4 Å². The fourth-order valence-electron chi connectivity index (χ4n) is 8.69. The van der Waals surface area contributed by atoms with Crippen molar-refractivity contribution < 1.29 is 132 Å². The zero-order chi connectivity index (χ0) is 77.9. The Morgan fingerprint density at radius 1 is 0.146 bits per heavy atom. The van der Waals surface area contributed by atoms with Crippen LogP contribution < -0.4 is 29.4 Å². The molecule has 0 N–H and O–H groups in total. The number of rotatable bonds is 72. The Morgan fingerprint density at radius 2 is 0.214 bits per heavy atom. The summed E-state index contributed by atoms with van der Waals surface area (Å²) in [5.41, 5.74) is 0. The molecule has 0 fully saturated rings. The molecule has 0 atom stereocenters. The maximum absolute atomic E-state index is 11.3. The van der Waals surface area contributed by atoms with Crippen LogP contribution in [0.4, 0.5) is 0 Å². The standard InChI is InChI=1S/6C12H27O4P.Mo/c6*1-3-5-7-9-11-15-17(13,14)16-12-10-8-6-4-2;/h6*3-12H2,1-2H3,(H,13,14);/p-6. The molecule has 0 radical (unpaired) electrons. The molecule has 0 saturated carbocycles. The molecule has 0 rings (SSSR count). The number of phosphoric acid groups is 6. The van der Waals surface area contributed by atoms with Gasteiger partial charge in [-0.05, 0) is 77.0 Å². The zero-order valence-electron chi connectivity index (χ0n) is 67.3. The summed E-state index contributed by atoms with van der Waals surface area (Å²) in [5, 5.41) is 0. The van der Waals surface area contributed by atoms with Crippen molar-refractivity contribution in [1.29, 1.82) is 0 Å². The van der Waals surface area contributed by atoms with Crippen LogP contribution in [-0.2, 0) is 103 Å². The van der Waals surface area contributed by atoms with Crippen LogP contribution >= 0.6 is 46.9 Å². The molecule has 24 nitrogen and oxygen atoms in total. The van der Waals surface area contributed by atoms with E-state index in [0.29, 0.717) is 0 Å². The van der Waals surface area contributed by atoms with E-state index in [9.17, 15) is 56.8 Å². The van der Waals surface area contributed by atoms with E-state index >= 15 is 0 Å². The Bertz CT molecular complexity index is 1490. The third-order valence-corrected chi connectivity index (χ3v) is 21.0.